The number of amides is 1. The zero-order chi connectivity index (χ0) is 9.97. The van der Waals surface area contributed by atoms with Gasteiger partial charge in [0, 0.05) is 23.2 Å². The third-order valence-electron chi connectivity index (χ3n) is 2.23. The SMILES string of the molecule is Cl.O=C1CNCCN1c1ccc(Br)cc1. The number of nitrogens with one attached hydrogen (secondary N) is 1. The van der Waals surface area contributed by atoms with Crippen LogP contribution in [0.4, 0.5) is 5.69 Å². The summed E-state index contributed by atoms with van der Waals surface area (Å²) in [6.07, 6.45) is 0. The van der Waals surface area contributed by atoms with Crippen LogP contribution in [0, 0.1) is 0 Å². The molecule has 3 nitrogen and oxygen atoms in total. The zero-order valence-corrected chi connectivity index (χ0v) is 10.5. The van der Waals surface area contributed by atoms with E-state index in [0.717, 1.165) is 23.2 Å². The smallest absolute Gasteiger partial charge is 0.240 e. The minimum absolute atomic E-state index is 0. The first-order chi connectivity index (χ1) is 6.77. The van der Waals surface area contributed by atoms with Crippen LogP contribution in [0.5, 0.6) is 0 Å². The molecule has 0 unspecified atom stereocenters. The van der Waals surface area contributed by atoms with Crippen LogP contribution in [0.3, 0.4) is 0 Å². The standard InChI is InChI=1S/C10H11BrN2O.ClH/c11-8-1-3-9(4-2-8)13-6-5-12-7-10(13)14;/h1-4,12H,5-7H2;1H. The van der Waals surface area contributed by atoms with E-state index in [1.54, 1.807) is 0 Å². The summed E-state index contributed by atoms with van der Waals surface area (Å²) in [7, 11) is 0. The number of hydrogen-bond acceptors (Lipinski definition) is 2. The molecule has 2 rings (SSSR count). The number of carbonyl (C=O) groups excluding carboxylic acids is 1. The average molecular weight is 292 g/mol. The molecule has 1 aromatic rings. The van der Waals surface area contributed by atoms with Crippen molar-refractivity contribution in [3.8, 4) is 0 Å². The van der Waals surface area contributed by atoms with Crippen LogP contribution < -0.4 is 10.2 Å². The molecular formula is C10H12BrClN2O. The van der Waals surface area contributed by atoms with Gasteiger partial charge in [0.05, 0.1) is 6.54 Å². The Morgan fingerprint density at radius 1 is 1.27 bits per heavy atom. The molecule has 82 valence electrons. The van der Waals surface area contributed by atoms with E-state index in [0.29, 0.717) is 6.54 Å². The zero-order valence-electron chi connectivity index (χ0n) is 8.07. The molecule has 0 radical (unpaired) electrons. The van der Waals surface area contributed by atoms with Gasteiger partial charge in [-0.2, -0.15) is 0 Å². The maximum Gasteiger partial charge on any atom is 0.240 e. The average Bonchev–Trinajstić information content (AvgIpc) is 2.20. The highest BCUT2D eigenvalue weighted by molar-refractivity contribution is 9.10. The van der Waals surface area contributed by atoms with Crippen molar-refractivity contribution < 1.29 is 4.79 Å². The van der Waals surface area contributed by atoms with Gasteiger partial charge >= 0.3 is 0 Å². The topological polar surface area (TPSA) is 32.3 Å². The summed E-state index contributed by atoms with van der Waals surface area (Å²) >= 11 is 3.37. The predicted molar refractivity (Wildman–Crippen MR) is 66.6 cm³/mol. The molecule has 0 aliphatic carbocycles. The van der Waals surface area contributed by atoms with E-state index in [-0.39, 0.29) is 18.3 Å². The molecule has 1 aromatic carbocycles. The Bertz CT molecular complexity index is 342. The van der Waals surface area contributed by atoms with Crippen LogP contribution in [-0.4, -0.2) is 25.5 Å². The fraction of sp³-hybridized carbons (Fsp3) is 0.300. The van der Waals surface area contributed by atoms with E-state index in [1.165, 1.54) is 0 Å². The largest absolute Gasteiger partial charge is 0.310 e. The molecule has 1 aliphatic rings. The quantitative estimate of drug-likeness (QED) is 0.856. The number of benzene rings is 1. The molecule has 5 heteroatoms. The molecule has 0 aromatic heterocycles. The van der Waals surface area contributed by atoms with Gasteiger partial charge in [-0.25, -0.2) is 0 Å². The molecule has 0 spiro atoms. The van der Waals surface area contributed by atoms with Gasteiger partial charge in [-0.1, -0.05) is 15.9 Å². The maximum atomic E-state index is 11.5. The number of rotatable bonds is 1. The van der Waals surface area contributed by atoms with Crippen molar-refractivity contribution in [2.75, 3.05) is 24.5 Å². The summed E-state index contributed by atoms with van der Waals surface area (Å²) in [6, 6.07) is 7.80. The molecular weight excluding hydrogens is 279 g/mol. The molecule has 1 heterocycles. The second-order valence-corrected chi connectivity index (χ2v) is 4.11. The minimum atomic E-state index is 0. The van der Waals surface area contributed by atoms with Gasteiger partial charge < -0.3 is 10.2 Å². The van der Waals surface area contributed by atoms with E-state index >= 15 is 0 Å². The van der Waals surface area contributed by atoms with Crippen molar-refractivity contribution in [1.29, 1.82) is 0 Å². The van der Waals surface area contributed by atoms with Crippen molar-refractivity contribution >= 4 is 39.9 Å². The van der Waals surface area contributed by atoms with Gasteiger partial charge in [-0.05, 0) is 24.3 Å². The van der Waals surface area contributed by atoms with Crippen LogP contribution in [0.25, 0.3) is 0 Å². The Morgan fingerprint density at radius 2 is 1.93 bits per heavy atom. The van der Waals surface area contributed by atoms with Crippen LogP contribution in [0.15, 0.2) is 28.7 Å². The molecule has 0 saturated carbocycles. The van der Waals surface area contributed by atoms with E-state index in [2.05, 4.69) is 21.2 Å². The third kappa shape index (κ3) is 2.93. The summed E-state index contributed by atoms with van der Waals surface area (Å²) < 4.78 is 1.03. The molecule has 1 N–H and O–H groups in total. The Kier molecular flexibility index (Phi) is 4.57. The van der Waals surface area contributed by atoms with Gasteiger partial charge in [-0.15, -0.1) is 12.4 Å². The van der Waals surface area contributed by atoms with Crippen LogP contribution in [0.2, 0.25) is 0 Å². The Balaban J connectivity index is 0.00000112. The number of nitrogens with zero attached hydrogens (tertiary/aromatic N) is 1. The highest BCUT2D eigenvalue weighted by atomic mass is 79.9. The molecule has 1 aliphatic heterocycles. The normalized spacial score (nSPS) is 16.1. The molecule has 1 fully saturated rings. The predicted octanol–water partition coefficient (Wildman–Crippen LogP) is 1.81. The van der Waals surface area contributed by atoms with Crippen LogP contribution in [-0.2, 0) is 4.79 Å². The van der Waals surface area contributed by atoms with E-state index in [9.17, 15) is 4.79 Å². The molecule has 0 atom stereocenters. The lowest BCUT2D eigenvalue weighted by molar-refractivity contribution is -0.118. The van der Waals surface area contributed by atoms with Gasteiger partial charge in [0.15, 0.2) is 0 Å². The van der Waals surface area contributed by atoms with Crippen molar-refractivity contribution in [3.63, 3.8) is 0 Å². The molecule has 1 amide bonds. The number of hydrogen-bond donors (Lipinski definition) is 1. The van der Waals surface area contributed by atoms with Crippen molar-refractivity contribution in [2.24, 2.45) is 0 Å². The fourth-order valence-electron chi connectivity index (χ4n) is 1.50. The second-order valence-electron chi connectivity index (χ2n) is 3.20. The monoisotopic (exact) mass is 290 g/mol. The summed E-state index contributed by atoms with van der Waals surface area (Å²) in [5.74, 6) is 0.138. The highest BCUT2D eigenvalue weighted by Crippen LogP contribution is 2.18. The molecule has 15 heavy (non-hydrogen) atoms. The Hall–Kier alpha value is -0.580. The van der Waals surface area contributed by atoms with E-state index < -0.39 is 0 Å². The summed E-state index contributed by atoms with van der Waals surface area (Å²) in [5, 5.41) is 3.05. The van der Waals surface area contributed by atoms with Crippen LogP contribution in [0.1, 0.15) is 0 Å². The first-order valence-corrected chi connectivity index (χ1v) is 5.33. The van der Waals surface area contributed by atoms with Crippen molar-refractivity contribution in [2.45, 2.75) is 0 Å². The number of halogens is 2. The second kappa shape index (κ2) is 5.49. The minimum Gasteiger partial charge on any atom is -0.310 e. The van der Waals surface area contributed by atoms with Gasteiger partial charge in [-0.3, -0.25) is 4.79 Å². The van der Waals surface area contributed by atoms with Gasteiger partial charge in [0.25, 0.3) is 0 Å². The lowest BCUT2D eigenvalue weighted by atomic mass is 10.2. The first kappa shape index (κ1) is 12.5. The lowest BCUT2D eigenvalue weighted by Crippen LogP contribution is -2.48. The lowest BCUT2D eigenvalue weighted by Gasteiger charge is -2.27. The summed E-state index contributed by atoms with van der Waals surface area (Å²) in [5.41, 5.74) is 0.972. The third-order valence-corrected chi connectivity index (χ3v) is 2.76. The Morgan fingerprint density at radius 3 is 2.53 bits per heavy atom. The van der Waals surface area contributed by atoms with Crippen molar-refractivity contribution in [3.05, 3.63) is 28.7 Å². The van der Waals surface area contributed by atoms with Crippen molar-refractivity contribution in [1.82, 2.24) is 5.32 Å². The van der Waals surface area contributed by atoms with E-state index in [1.807, 2.05) is 29.2 Å². The number of carbonyl (C=O) groups is 1. The maximum absolute atomic E-state index is 11.5. The van der Waals surface area contributed by atoms with Crippen LogP contribution >= 0.6 is 28.3 Å². The molecule has 1 saturated heterocycles. The van der Waals surface area contributed by atoms with Gasteiger partial charge in [0.2, 0.25) is 5.91 Å². The molecule has 0 bridgehead atoms. The van der Waals surface area contributed by atoms with Gasteiger partial charge in [0.1, 0.15) is 0 Å². The number of anilines is 1. The summed E-state index contributed by atoms with van der Waals surface area (Å²) in [6.45, 7) is 2.05. The van der Waals surface area contributed by atoms with E-state index in [4.69, 9.17) is 0 Å². The first-order valence-electron chi connectivity index (χ1n) is 4.54. The highest BCUT2D eigenvalue weighted by Gasteiger charge is 2.18. The summed E-state index contributed by atoms with van der Waals surface area (Å²) in [4.78, 5) is 13.3. The Labute approximate surface area is 103 Å². The number of piperazine rings is 1. The fourth-order valence-corrected chi connectivity index (χ4v) is 1.76.